The molecule has 0 heterocycles. The van der Waals surface area contributed by atoms with E-state index in [9.17, 15) is 0 Å². The van der Waals surface area contributed by atoms with E-state index in [0.717, 1.165) is 12.8 Å². The molecule has 0 aliphatic rings. The van der Waals surface area contributed by atoms with Crippen LogP contribution in [0.25, 0.3) is 0 Å². The first kappa shape index (κ1) is 18.5. The van der Waals surface area contributed by atoms with Crippen LogP contribution in [0.3, 0.4) is 0 Å². The third kappa shape index (κ3) is 5.15. The van der Waals surface area contributed by atoms with Crippen molar-refractivity contribution in [1.29, 1.82) is 0 Å². The highest BCUT2D eigenvalue weighted by molar-refractivity contribution is 5.20. The van der Waals surface area contributed by atoms with E-state index in [0.29, 0.717) is 5.76 Å². The van der Waals surface area contributed by atoms with E-state index >= 15 is 0 Å². The summed E-state index contributed by atoms with van der Waals surface area (Å²) >= 11 is 0. The smallest absolute Gasteiger partial charge is 0.111 e. The van der Waals surface area contributed by atoms with Gasteiger partial charge in [-0.05, 0) is 46.5 Å². The minimum atomic E-state index is -0.750. The summed E-state index contributed by atoms with van der Waals surface area (Å²) in [5.74, 6) is 0.578. The fourth-order valence-corrected chi connectivity index (χ4v) is 2.03. The molecule has 1 atom stereocenters. The molecule has 0 aromatic rings. The molecule has 3 nitrogen and oxygen atoms in total. The standard InChI is InChI=1S/C16H34N2O/c1-10-14(6,7)11-16(18,15(8,9)17)12(2)19-13(3,4)5/h2,10-11,17-18H2,1,3-9H3. The zero-order chi connectivity index (χ0) is 15.7. The molecule has 4 N–H and O–H groups in total. The molecule has 0 amide bonds. The number of nitrogens with two attached hydrogens (primary N) is 2. The highest BCUT2D eigenvalue weighted by Gasteiger charge is 2.46. The molecular weight excluding hydrogens is 236 g/mol. The number of hydrogen-bond donors (Lipinski definition) is 2. The number of hydrogen-bond acceptors (Lipinski definition) is 3. The Hall–Kier alpha value is -0.540. The molecule has 0 aromatic carbocycles. The molecule has 0 radical (unpaired) electrons. The van der Waals surface area contributed by atoms with Gasteiger partial charge in [-0.1, -0.05) is 33.8 Å². The molecule has 0 aromatic heterocycles. The van der Waals surface area contributed by atoms with Gasteiger partial charge in [-0.15, -0.1) is 0 Å². The largest absolute Gasteiger partial charge is 0.491 e. The van der Waals surface area contributed by atoms with E-state index in [1.165, 1.54) is 0 Å². The van der Waals surface area contributed by atoms with Gasteiger partial charge in [0.15, 0.2) is 0 Å². The van der Waals surface area contributed by atoms with E-state index in [2.05, 4.69) is 27.4 Å². The van der Waals surface area contributed by atoms with Crippen molar-refractivity contribution in [2.75, 3.05) is 0 Å². The summed E-state index contributed by atoms with van der Waals surface area (Å²) in [6, 6.07) is 0. The van der Waals surface area contributed by atoms with Crippen LogP contribution < -0.4 is 11.5 Å². The lowest BCUT2D eigenvalue weighted by atomic mass is 9.68. The second-order valence-electron chi connectivity index (χ2n) is 8.03. The van der Waals surface area contributed by atoms with Gasteiger partial charge in [-0.3, -0.25) is 0 Å². The molecule has 0 saturated carbocycles. The average molecular weight is 270 g/mol. The molecular formula is C16H34N2O. The van der Waals surface area contributed by atoms with Crippen molar-refractivity contribution in [3.8, 4) is 0 Å². The normalized spacial score (nSPS) is 16.9. The molecule has 19 heavy (non-hydrogen) atoms. The Bertz CT molecular complexity index is 321. The first-order valence-corrected chi connectivity index (χ1v) is 7.11. The fraction of sp³-hybridized carbons (Fsp3) is 0.875. The maximum Gasteiger partial charge on any atom is 0.111 e. The predicted octanol–water partition coefficient (Wildman–Crippen LogP) is 3.58. The van der Waals surface area contributed by atoms with E-state index in [4.69, 9.17) is 16.2 Å². The van der Waals surface area contributed by atoms with Crippen molar-refractivity contribution in [3.05, 3.63) is 12.3 Å². The van der Waals surface area contributed by atoms with Gasteiger partial charge in [-0.2, -0.15) is 0 Å². The lowest BCUT2D eigenvalue weighted by Gasteiger charge is -2.47. The fourth-order valence-electron chi connectivity index (χ4n) is 2.03. The Labute approximate surface area is 119 Å². The van der Waals surface area contributed by atoms with Crippen molar-refractivity contribution >= 4 is 0 Å². The van der Waals surface area contributed by atoms with Gasteiger partial charge in [0.2, 0.25) is 0 Å². The zero-order valence-corrected chi connectivity index (χ0v) is 14.2. The minimum Gasteiger partial charge on any atom is -0.491 e. The van der Waals surface area contributed by atoms with Gasteiger partial charge in [0.05, 0.1) is 5.54 Å². The molecule has 0 aliphatic heterocycles. The van der Waals surface area contributed by atoms with Crippen LogP contribution >= 0.6 is 0 Å². The Balaban J connectivity index is 5.39. The van der Waals surface area contributed by atoms with Crippen molar-refractivity contribution < 1.29 is 4.74 Å². The van der Waals surface area contributed by atoms with E-state index in [1.807, 2.05) is 34.6 Å². The maximum atomic E-state index is 6.64. The predicted molar refractivity (Wildman–Crippen MR) is 83.9 cm³/mol. The quantitative estimate of drug-likeness (QED) is 0.725. The number of rotatable bonds is 6. The first-order valence-electron chi connectivity index (χ1n) is 7.11. The second-order valence-corrected chi connectivity index (χ2v) is 8.03. The molecule has 0 spiro atoms. The third-order valence-corrected chi connectivity index (χ3v) is 3.79. The van der Waals surface area contributed by atoms with E-state index < -0.39 is 11.1 Å². The monoisotopic (exact) mass is 270 g/mol. The van der Waals surface area contributed by atoms with Gasteiger partial charge >= 0.3 is 0 Å². The lowest BCUT2D eigenvalue weighted by Crippen LogP contribution is -2.65. The molecule has 0 aliphatic carbocycles. The van der Waals surface area contributed by atoms with Crippen LogP contribution in [0.2, 0.25) is 0 Å². The second kappa shape index (κ2) is 5.45. The zero-order valence-electron chi connectivity index (χ0n) is 14.2. The van der Waals surface area contributed by atoms with Gasteiger partial charge in [-0.25, -0.2) is 0 Å². The van der Waals surface area contributed by atoms with Crippen LogP contribution in [0.15, 0.2) is 12.3 Å². The topological polar surface area (TPSA) is 61.3 Å². The summed E-state index contributed by atoms with van der Waals surface area (Å²) in [6.45, 7) is 20.5. The Kier molecular flexibility index (Phi) is 5.30. The number of ether oxygens (including phenoxy) is 1. The summed E-state index contributed by atoms with van der Waals surface area (Å²) in [7, 11) is 0. The summed E-state index contributed by atoms with van der Waals surface area (Å²) in [4.78, 5) is 0. The summed E-state index contributed by atoms with van der Waals surface area (Å²) in [6.07, 6.45) is 1.78. The van der Waals surface area contributed by atoms with Crippen molar-refractivity contribution in [1.82, 2.24) is 0 Å². The van der Waals surface area contributed by atoms with Gasteiger partial charge in [0.25, 0.3) is 0 Å². The van der Waals surface area contributed by atoms with E-state index in [-0.39, 0.29) is 11.0 Å². The highest BCUT2D eigenvalue weighted by atomic mass is 16.5. The van der Waals surface area contributed by atoms with Crippen LogP contribution in [0.5, 0.6) is 0 Å². The van der Waals surface area contributed by atoms with Crippen LogP contribution in [0, 0.1) is 5.41 Å². The molecule has 1 unspecified atom stereocenters. The summed E-state index contributed by atoms with van der Waals surface area (Å²) < 4.78 is 5.92. The van der Waals surface area contributed by atoms with Crippen LogP contribution in [-0.2, 0) is 4.74 Å². The van der Waals surface area contributed by atoms with Crippen LogP contribution in [0.1, 0.15) is 68.2 Å². The van der Waals surface area contributed by atoms with E-state index in [1.54, 1.807) is 0 Å². The SMILES string of the molecule is C=C(OC(C)(C)C)C(N)(CC(C)(C)CC)C(C)(C)N. The molecule has 0 saturated heterocycles. The third-order valence-electron chi connectivity index (χ3n) is 3.79. The molecule has 3 heteroatoms. The molecule has 0 fully saturated rings. The molecule has 114 valence electrons. The summed E-state index contributed by atoms with van der Waals surface area (Å²) in [5, 5.41) is 0. The van der Waals surface area contributed by atoms with Crippen LogP contribution in [-0.4, -0.2) is 16.7 Å². The van der Waals surface area contributed by atoms with Gasteiger partial charge in [0, 0.05) is 5.54 Å². The Morgan fingerprint density at radius 2 is 1.42 bits per heavy atom. The first-order chi connectivity index (χ1) is 8.15. The average Bonchev–Trinajstić information content (AvgIpc) is 2.12. The van der Waals surface area contributed by atoms with Crippen molar-refractivity contribution in [3.63, 3.8) is 0 Å². The Morgan fingerprint density at radius 1 is 1.00 bits per heavy atom. The van der Waals surface area contributed by atoms with Gasteiger partial charge in [0.1, 0.15) is 11.4 Å². The maximum absolute atomic E-state index is 6.64. The Morgan fingerprint density at radius 3 is 1.68 bits per heavy atom. The molecule has 0 rings (SSSR count). The highest BCUT2D eigenvalue weighted by Crippen LogP contribution is 2.39. The summed E-state index contributed by atoms with van der Waals surface area (Å²) in [5.41, 5.74) is 11.4. The van der Waals surface area contributed by atoms with Crippen LogP contribution in [0.4, 0.5) is 0 Å². The van der Waals surface area contributed by atoms with Crippen molar-refractivity contribution in [2.24, 2.45) is 16.9 Å². The molecule has 0 bridgehead atoms. The van der Waals surface area contributed by atoms with Crippen molar-refractivity contribution in [2.45, 2.75) is 84.9 Å². The van der Waals surface area contributed by atoms with Gasteiger partial charge < -0.3 is 16.2 Å². The lowest BCUT2D eigenvalue weighted by molar-refractivity contribution is 0.00655. The minimum absolute atomic E-state index is 0.0928.